The van der Waals surface area contributed by atoms with Gasteiger partial charge in [0, 0.05) is 6.42 Å². The molecule has 1 aliphatic rings. The summed E-state index contributed by atoms with van der Waals surface area (Å²) in [5.41, 5.74) is -0.883. The van der Waals surface area contributed by atoms with Gasteiger partial charge < -0.3 is 19.3 Å². The minimum Gasteiger partial charge on any atom is -0.469 e. The number of methoxy groups -OCH3 is 1. The Balaban J connectivity index is 2.05. The van der Waals surface area contributed by atoms with Gasteiger partial charge in [-0.3, -0.25) is 9.59 Å². The van der Waals surface area contributed by atoms with Gasteiger partial charge in [-0.15, -0.1) is 0 Å². The zero-order chi connectivity index (χ0) is 21.4. The molecule has 1 fully saturated rings. The van der Waals surface area contributed by atoms with Gasteiger partial charge in [-0.05, 0) is 19.3 Å². The summed E-state index contributed by atoms with van der Waals surface area (Å²) in [6.07, 6.45) is 15.1. The summed E-state index contributed by atoms with van der Waals surface area (Å²) in [5, 5.41) is 9.68. The minimum atomic E-state index is -0.883. The molecule has 1 saturated heterocycles. The first-order chi connectivity index (χ1) is 14.0. The molecule has 6 nitrogen and oxygen atoms in total. The number of esters is 2. The summed E-state index contributed by atoms with van der Waals surface area (Å²) in [7, 11) is 1.34. The standard InChI is InChI=1S/C23H42O6/c1-3-4-5-6-7-8-9-10-11-12-13-14-21(25)28-19-23(18-24)16-15-20(29-23)17-22(26)27-2/h20,24H,3-19H2,1-2H3/t20-,23-/m0/s1. The van der Waals surface area contributed by atoms with Crippen molar-refractivity contribution < 1.29 is 28.9 Å². The van der Waals surface area contributed by atoms with E-state index < -0.39 is 5.60 Å². The molecule has 0 unspecified atom stereocenters. The first-order valence-electron chi connectivity index (χ1n) is 11.6. The average Bonchev–Trinajstić information content (AvgIpc) is 3.13. The molecule has 170 valence electrons. The van der Waals surface area contributed by atoms with Crippen LogP contribution in [-0.2, 0) is 23.8 Å². The van der Waals surface area contributed by atoms with E-state index in [1.165, 1.54) is 64.9 Å². The van der Waals surface area contributed by atoms with E-state index >= 15 is 0 Å². The minimum absolute atomic E-state index is 0.0397. The number of hydrogen-bond acceptors (Lipinski definition) is 6. The molecule has 0 spiro atoms. The molecule has 0 aromatic heterocycles. The van der Waals surface area contributed by atoms with Crippen LogP contribution in [0, 0.1) is 0 Å². The van der Waals surface area contributed by atoms with E-state index in [1.54, 1.807) is 0 Å². The van der Waals surface area contributed by atoms with E-state index in [2.05, 4.69) is 11.7 Å². The number of rotatable bonds is 17. The molecule has 0 radical (unpaired) electrons. The molecule has 1 aliphatic heterocycles. The summed E-state index contributed by atoms with van der Waals surface area (Å²) < 4.78 is 15.8. The SMILES string of the molecule is CCCCCCCCCCCCCC(=O)OC[C@@]1(CO)CC[C@@H](CC(=O)OC)O1. The second-order valence-electron chi connectivity index (χ2n) is 8.35. The third kappa shape index (κ3) is 11.6. The molecule has 1 N–H and O–H groups in total. The molecule has 0 amide bonds. The summed E-state index contributed by atoms with van der Waals surface area (Å²) >= 11 is 0. The van der Waals surface area contributed by atoms with Crippen molar-refractivity contribution in [1.29, 1.82) is 0 Å². The van der Waals surface area contributed by atoms with Crippen LogP contribution in [0.4, 0.5) is 0 Å². The molecule has 1 heterocycles. The van der Waals surface area contributed by atoms with Gasteiger partial charge in [0.2, 0.25) is 0 Å². The molecule has 0 aromatic rings. The second kappa shape index (κ2) is 15.7. The van der Waals surface area contributed by atoms with Gasteiger partial charge in [0.05, 0.1) is 26.2 Å². The number of unbranched alkanes of at least 4 members (excludes halogenated alkanes) is 10. The van der Waals surface area contributed by atoms with Crippen LogP contribution in [0.15, 0.2) is 0 Å². The van der Waals surface area contributed by atoms with Gasteiger partial charge in [-0.25, -0.2) is 0 Å². The molecule has 1 rings (SSSR count). The lowest BCUT2D eigenvalue weighted by atomic mass is 10.0. The maximum absolute atomic E-state index is 12.0. The monoisotopic (exact) mass is 414 g/mol. The summed E-state index contributed by atoms with van der Waals surface area (Å²) in [5.74, 6) is -0.578. The number of aliphatic hydroxyl groups is 1. The highest BCUT2D eigenvalue weighted by molar-refractivity contribution is 5.70. The molecule has 0 bridgehead atoms. The summed E-state index contributed by atoms with van der Waals surface area (Å²) in [4.78, 5) is 23.4. The maximum atomic E-state index is 12.0. The average molecular weight is 415 g/mol. The zero-order valence-corrected chi connectivity index (χ0v) is 18.6. The Morgan fingerprint density at radius 2 is 1.55 bits per heavy atom. The van der Waals surface area contributed by atoms with Crippen molar-refractivity contribution in [3.05, 3.63) is 0 Å². The molecule has 0 aromatic carbocycles. The van der Waals surface area contributed by atoms with Crippen LogP contribution in [0.3, 0.4) is 0 Å². The van der Waals surface area contributed by atoms with Gasteiger partial charge in [0.1, 0.15) is 12.2 Å². The van der Waals surface area contributed by atoms with Crippen LogP contribution in [0.2, 0.25) is 0 Å². The molecule has 29 heavy (non-hydrogen) atoms. The third-order valence-electron chi connectivity index (χ3n) is 5.73. The van der Waals surface area contributed by atoms with Crippen LogP contribution in [0.1, 0.15) is 103 Å². The topological polar surface area (TPSA) is 82.1 Å². The van der Waals surface area contributed by atoms with Crippen LogP contribution in [0.5, 0.6) is 0 Å². The fourth-order valence-corrected chi connectivity index (χ4v) is 3.79. The first kappa shape index (κ1) is 25.9. The lowest BCUT2D eigenvalue weighted by molar-refractivity contribution is -0.162. The number of carbonyl (C=O) groups is 2. The van der Waals surface area contributed by atoms with Crippen LogP contribution >= 0.6 is 0 Å². The van der Waals surface area contributed by atoms with Crippen molar-refractivity contribution in [3.63, 3.8) is 0 Å². The van der Waals surface area contributed by atoms with Gasteiger partial charge in [-0.1, -0.05) is 71.1 Å². The summed E-state index contributed by atoms with van der Waals surface area (Å²) in [6, 6.07) is 0. The number of carbonyl (C=O) groups excluding carboxylic acids is 2. The molecular formula is C23H42O6. The van der Waals surface area contributed by atoms with Crippen molar-refractivity contribution in [3.8, 4) is 0 Å². The molecule has 0 saturated carbocycles. The van der Waals surface area contributed by atoms with Crippen molar-refractivity contribution >= 4 is 11.9 Å². The van der Waals surface area contributed by atoms with Crippen LogP contribution in [0.25, 0.3) is 0 Å². The fraction of sp³-hybridized carbons (Fsp3) is 0.913. The predicted octanol–water partition coefficient (Wildman–Crippen LogP) is 4.70. The largest absolute Gasteiger partial charge is 0.469 e. The van der Waals surface area contributed by atoms with Crippen molar-refractivity contribution in [2.24, 2.45) is 0 Å². The number of ether oxygens (including phenoxy) is 3. The fourth-order valence-electron chi connectivity index (χ4n) is 3.79. The smallest absolute Gasteiger partial charge is 0.308 e. The highest BCUT2D eigenvalue weighted by atomic mass is 16.6. The number of hydrogen-bond donors (Lipinski definition) is 1. The first-order valence-corrected chi connectivity index (χ1v) is 11.6. The Labute approximate surface area is 176 Å². The highest BCUT2D eigenvalue weighted by Gasteiger charge is 2.41. The number of aliphatic hydroxyl groups excluding tert-OH is 1. The maximum Gasteiger partial charge on any atom is 0.308 e. The lowest BCUT2D eigenvalue weighted by Gasteiger charge is -2.26. The normalized spacial score (nSPS) is 21.3. The van der Waals surface area contributed by atoms with Gasteiger partial charge in [-0.2, -0.15) is 0 Å². The third-order valence-corrected chi connectivity index (χ3v) is 5.73. The van der Waals surface area contributed by atoms with E-state index in [1.807, 2.05) is 0 Å². The van der Waals surface area contributed by atoms with Crippen molar-refractivity contribution in [2.45, 2.75) is 115 Å². The van der Waals surface area contributed by atoms with E-state index in [4.69, 9.17) is 9.47 Å². The molecule has 2 atom stereocenters. The van der Waals surface area contributed by atoms with E-state index in [0.29, 0.717) is 19.3 Å². The van der Waals surface area contributed by atoms with E-state index in [-0.39, 0.29) is 37.7 Å². The Morgan fingerprint density at radius 1 is 0.966 bits per heavy atom. The van der Waals surface area contributed by atoms with Crippen molar-refractivity contribution in [1.82, 2.24) is 0 Å². The van der Waals surface area contributed by atoms with Gasteiger partial charge in [0.25, 0.3) is 0 Å². The van der Waals surface area contributed by atoms with E-state index in [9.17, 15) is 14.7 Å². The predicted molar refractivity (Wildman–Crippen MR) is 113 cm³/mol. The zero-order valence-electron chi connectivity index (χ0n) is 18.6. The molecule has 0 aliphatic carbocycles. The Kier molecular flexibility index (Phi) is 14.0. The molecule has 6 heteroatoms. The van der Waals surface area contributed by atoms with E-state index in [0.717, 1.165) is 12.8 Å². The van der Waals surface area contributed by atoms with Crippen LogP contribution in [-0.4, -0.2) is 49.1 Å². The Hall–Kier alpha value is -1.14. The van der Waals surface area contributed by atoms with Gasteiger partial charge >= 0.3 is 11.9 Å². The Bertz CT molecular complexity index is 453. The lowest BCUT2D eigenvalue weighted by Crippen LogP contribution is -2.40. The van der Waals surface area contributed by atoms with Crippen molar-refractivity contribution in [2.75, 3.05) is 20.3 Å². The molecular weight excluding hydrogens is 372 g/mol. The van der Waals surface area contributed by atoms with Crippen LogP contribution < -0.4 is 0 Å². The highest BCUT2D eigenvalue weighted by Crippen LogP contribution is 2.32. The Morgan fingerprint density at radius 3 is 2.10 bits per heavy atom. The quantitative estimate of drug-likeness (QED) is 0.274. The second-order valence-corrected chi connectivity index (χ2v) is 8.35. The van der Waals surface area contributed by atoms with Gasteiger partial charge in [0.15, 0.2) is 0 Å². The summed E-state index contributed by atoms with van der Waals surface area (Å²) in [6.45, 7) is 2.06.